The standard InChI is InChI=1S/C22H27ClN2O2/c1-15-19(23)7-6-8-20(15)25(16(2)26)14-13-21(27)24-18-11-9-17(10-12-18)22(3,4)5/h6-12H,13-14H2,1-5H3,(H,24,27). The van der Waals surface area contributed by atoms with Crippen molar-refractivity contribution < 1.29 is 9.59 Å². The van der Waals surface area contributed by atoms with Crippen LogP contribution < -0.4 is 10.2 Å². The Labute approximate surface area is 166 Å². The third-order valence-corrected chi connectivity index (χ3v) is 4.92. The minimum atomic E-state index is -0.135. The van der Waals surface area contributed by atoms with Gasteiger partial charge in [-0.15, -0.1) is 0 Å². The maximum atomic E-state index is 12.3. The second-order valence-electron chi connectivity index (χ2n) is 7.68. The van der Waals surface area contributed by atoms with E-state index in [0.717, 1.165) is 16.9 Å². The third-order valence-electron chi connectivity index (χ3n) is 4.51. The molecular formula is C22H27ClN2O2. The summed E-state index contributed by atoms with van der Waals surface area (Å²) in [5.74, 6) is -0.257. The van der Waals surface area contributed by atoms with E-state index in [2.05, 4.69) is 26.1 Å². The molecule has 0 fully saturated rings. The van der Waals surface area contributed by atoms with Gasteiger partial charge >= 0.3 is 0 Å². The van der Waals surface area contributed by atoms with E-state index in [1.165, 1.54) is 12.5 Å². The van der Waals surface area contributed by atoms with Crippen LogP contribution in [0.5, 0.6) is 0 Å². The molecule has 2 aromatic rings. The highest BCUT2D eigenvalue weighted by molar-refractivity contribution is 6.31. The molecule has 2 rings (SSSR count). The van der Waals surface area contributed by atoms with E-state index in [4.69, 9.17) is 11.6 Å². The van der Waals surface area contributed by atoms with Crippen LogP contribution in [0.1, 0.15) is 45.2 Å². The van der Waals surface area contributed by atoms with Crippen molar-refractivity contribution >= 4 is 34.8 Å². The number of carbonyl (C=O) groups is 2. The van der Waals surface area contributed by atoms with Crippen LogP contribution in [0.4, 0.5) is 11.4 Å². The topological polar surface area (TPSA) is 49.4 Å². The zero-order valence-corrected chi connectivity index (χ0v) is 17.4. The summed E-state index contributed by atoms with van der Waals surface area (Å²) in [7, 11) is 0. The van der Waals surface area contributed by atoms with Gasteiger partial charge in [0.2, 0.25) is 11.8 Å². The second-order valence-corrected chi connectivity index (χ2v) is 8.09. The van der Waals surface area contributed by atoms with Crippen molar-refractivity contribution in [3.8, 4) is 0 Å². The van der Waals surface area contributed by atoms with Crippen LogP contribution in [0.15, 0.2) is 42.5 Å². The quantitative estimate of drug-likeness (QED) is 0.755. The zero-order chi connectivity index (χ0) is 20.2. The minimum Gasteiger partial charge on any atom is -0.326 e. The van der Waals surface area contributed by atoms with Crippen LogP contribution in [0.2, 0.25) is 5.02 Å². The van der Waals surface area contributed by atoms with Crippen LogP contribution in [-0.2, 0) is 15.0 Å². The van der Waals surface area contributed by atoms with Crippen molar-refractivity contribution in [1.29, 1.82) is 0 Å². The van der Waals surface area contributed by atoms with Crippen LogP contribution >= 0.6 is 11.6 Å². The fourth-order valence-electron chi connectivity index (χ4n) is 2.83. The van der Waals surface area contributed by atoms with Crippen molar-refractivity contribution in [2.75, 3.05) is 16.8 Å². The predicted molar refractivity (Wildman–Crippen MR) is 113 cm³/mol. The summed E-state index contributed by atoms with van der Waals surface area (Å²) in [6, 6.07) is 13.3. The maximum absolute atomic E-state index is 12.3. The number of hydrogen-bond donors (Lipinski definition) is 1. The molecule has 4 nitrogen and oxygen atoms in total. The Kier molecular flexibility index (Phi) is 6.66. The lowest BCUT2D eigenvalue weighted by Gasteiger charge is -2.23. The number of halogens is 1. The smallest absolute Gasteiger partial charge is 0.226 e. The Morgan fingerprint density at radius 2 is 1.70 bits per heavy atom. The van der Waals surface area contributed by atoms with Crippen molar-refractivity contribution in [1.82, 2.24) is 0 Å². The fourth-order valence-corrected chi connectivity index (χ4v) is 3.00. The van der Waals surface area contributed by atoms with E-state index in [1.807, 2.05) is 37.3 Å². The van der Waals surface area contributed by atoms with Gasteiger partial charge in [-0.05, 0) is 47.7 Å². The Morgan fingerprint density at radius 1 is 1.07 bits per heavy atom. The molecule has 0 aliphatic carbocycles. The van der Waals surface area contributed by atoms with Crippen LogP contribution in [0.3, 0.4) is 0 Å². The lowest BCUT2D eigenvalue weighted by molar-refractivity contribution is -0.117. The number of nitrogens with zero attached hydrogens (tertiary/aromatic N) is 1. The zero-order valence-electron chi connectivity index (χ0n) is 16.6. The van der Waals surface area contributed by atoms with Gasteiger partial charge in [0.15, 0.2) is 0 Å². The van der Waals surface area contributed by atoms with E-state index >= 15 is 0 Å². The number of nitrogens with one attached hydrogen (secondary N) is 1. The average molecular weight is 387 g/mol. The molecule has 144 valence electrons. The first-order valence-corrected chi connectivity index (χ1v) is 9.41. The van der Waals surface area contributed by atoms with Gasteiger partial charge < -0.3 is 10.2 Å². The molecule has 5 heteroatoms. The molecule has 0 saturated heterocycles. The first kappa shape index (κ1) is 21.0. The van der Waals surface area contributed by atoms with Gasteiger partial charge in [-0.1, -0.05) is 50.6 Å². The van der Waals surface area contributed by atoms with Gasteiger partial charge in [0.05, 0.1) is 0 Å². The summed E-state index contributed by atoms with van der Waals surface area (Å²) >= 11 is 6.16. The molecule has 0 radical (unpaired) electrons. The first-order valence-electron chi connectivity index (χ1n) is 9.03. The number of benzene rings is 2. The number of carbonyl (C=O) groups excluding carboxylic acids is 2. The molecule has 0 unspecified atom stereocenters. The van der Waals surface area contributed by atoms with Crippen LogP contribution in [0, 0.1) is 6.92 Å². The average Bonchev–Trinajstić information content (AvgIpc) is 2.58. The molecular weight excluding hydrogens is 360 g/mol. The lowest BCUT2D eigenvalue weighted by atomic mass is 9.87. The summed E-state index contributed by atoms with van der Waals surface area (Å²) in [5.41, 5.74) is 3.59. The fraction of sp³-hybridized carbons (Fsp3) is 0.364. The molecule has 0 bridgehead atoms. The minimum absolute atomic E-state index is 0.0688. The van der Waals surface area contributed by atoms with Crippen LogP contribution in [-0.4, -0.2) is 18.4 Å². The molecule has 0 aromatic heterocycles. The van der Waals surface area contributed by atoms with Gasteiger partial charge in [-0.3, -0.25) is 9.59 Å². The van der Waals surface area contributed by atoms with Crippen LogP contribution in [0.25, 0.3) is 0 Å². The number of amides is 2. The molecule has 0 spiro atoms. The summed E-state index contributed by atoms with van der Waals surface area (Å²) in [6.07, 6.45) is 0.201. The van der Waals surface area contributed by atoms with Gasteiger partial charge in [0.25, 0.3) is 0 Å². The Balaban J connectivity index is 2.02. The summed E-state index contributed by atoms with van der Waals surface area (Å²) in [6.45, 7) is 10.1. The van der Waals surface area contributed by atoms with Crippen molar-refractivity contribution in [2.45, 2.75) is 46.5 Å². The van der Waals surface area contributed by atoms with E-state index in [1.54, 1.807) is 17.0 Å². The van der Waals surface area contributed by atoms with E-state index in [0.29, 0.717) is 11.6 Å². The molecule has 0 aliphatic rings. The highest BCUT2D eigenvalue weighted by Gasteiger charge is 2.17. The van der Waals surface area contributed by atoms with Gasteiger partial charge in [-0.25, -0.2) is 0 Å². The molecule has 27 heavy (non-hydrogen) atoms. The normalized spacial score (nSPS) is 11.2. The highest BCUT2D eigenvalue weighted by Crippen LogP contribution is 2.27. The molecule has 0 saturated carbocycles. The monoisotopic (exact) mass is 386 g/mol. The first-order chi connectivity index (χ1) is 12.6. The predicted octanol–water partition coefficient (Wildman–Crippen LogP) is 5.33. The molecule has 1 N–H and O–H groups in total. The number of rotatable bonds is 5. The molecule has 0 aliphatic heterocycles. The van der Waals surface area contributed by atoms with E-state index in [9.17, 15) is 9.59 Å². The van der Waals surface area contributed by atoms with Gasteiger partial charge in [0, 0.05) is 36.3 Å². The van der Waals surface area contributed by atoms with Gasteiger partial charge in [0.1, 0.15) is 0 Å². The molecule has 2 amide bonds. The Hall–Kier alpha value is -2.33. The largest absolute Gasteiger partial charge is 0.326 e. The molecule has 2 aromatic carbocycles. The number of hydrogen-bond acceptors (Lipinski definition) is 2. The highest BCUT2D eigenvalue weighted by atomic mass is 35.5. The summed E-state index contributed by atoms with van der Waals surface area (Å²) in [5, 5.41) is 3.49. The Morgan fingerprint density at radius 3 is 2.26 bits per heavy atom. The molecule has 0 heterocycles. The lowest BCUT2D eigenvalue weighted by Crippen LogP contribution is -2.32. The van der Waals surface area contributed by atoms with Crippen molar-refractivity contribution in [3.05, 3.63) is 58.6 Å². The third kappa shape index (κ3) is 5.57. The van der Waals surface area contributed by atoms with Crippen molar-refractivity contribution in [2.24, 2.45) is 0 Å². The summed E-state index contributed by atoms with van der Waals surface area (Å²) in [4.78, 5) is 26.0. The SMILES string of the molecule is CC(=O)N(CCC(=O)Nc1ccc(C(C)(C)C)cc1)c1cccc(Cl)c1C. The van der Waals surface area contributed by atoms with E-state index in [-0.39, 0.29) is 23.7 Å². The number of anilines is 2. The Bertz CT molecular complexity index is 823. The van der Waals surface area contributed by atoms with Crippen molar-refractivity contribution in [3.63, 3.8) is 0 Å². The van der Waals surface area contributed by atoms with Gasteiger partial charge in [-0.2, -0.15) is 0 Å². The van der Waals surface area contributed by atoms with E-state index < -0.39 is 0 Å². The maximum Gasteiger partial charge on any atom is 0.226 e. The molecule has 0 atom stereocenters. The summed E-state index contributed by atoms with van der Waals surface area (Å²) < 4.78 is 0. The second kappa shape index (κ2) is 8.57.